The molecule has 140 valence electrons. The molecule has 2 saturated heterocycles. The topological polar surface area (TPSA) is 0 Å². The van der Waals surface area contributed by atoms with Crippen LogP contribution in [0.3, 0.4) is 0 Å². The molecule has 0 saturated carbocycles. The maximum atomic E-state index is 2.41. The van der Waals surface area contributed by atoms with Gasteiger partial charge in [-0.15, -0.1) is 0 Å². The van der Waals surface area contributed by atoms with Crippen LogP contribution < -0.4 is 21.2 Å². The predicted molar refractivity (Wildman–Crippen MR) is 131 cm³/mol. The molecule has 6 rings (SSSR count). The highest BCUT2D eigenvalue weighted by atomic mass is 31.2. The van der Waals surface area contributed by atoms with Crippen LogP contribution >= 0.6 is 14.5 Å². The van der Waals surface area contributed by atoms with E-state index in [9.17, 15) is 0 Å². The van der Waals surface area contributed by atoms with E-state index in [2.05, 4.69) is 121 Å². The van der Waals surface area contributed by atoms with Crippen LogP contribution in [0.5, 0.6) is 0 Å². The van der Waals surface area contributed by atoms with E-state index in [1.165, 1.54) is 6.16 Å². The van der Waals surface area contributed by atoms with Crippen molar-refractivity contribution < 1.29 is 0 Å². The summed E-state index contributed by atoms with van der Waals surface area (Å²) in [6.45, 7) is 0. The third kappa shape index (κ3) is 2.34. The predicted octanol–water partition coefficient (Wildman–Crippen LogP) is 5.05. The van der Waals surface area contributed by atoms with Crippen LogP contribution in [0.15, 0.2) is 121 Å². The van der Waals surface area contributed by atoms with E-state index in [0.717, 1.165) is 11.1 Å². The minimum atomic E-state index is -1.39. The standard InChI is InChI=1S/C27H24P2/c1-5-13-22(14-6-1)28(23-15-7-2-8-16-23)21-26-27(28)29(26,24-17-9-3-10-18-24)25-19-11-4-12-20-25/h1-20,26-27H,21H2/q+2. The van der Waals surface area contributed by atoms with Crippen LogP contribution in [0.1, 0.15) is 0 Å². The first kappa shape index (κ1) is 17.6. The number of hydrogen-bond acceptors (Lipinski definition) is 0. The third-order valence-electron chi connectivity index (χ3n) is 6.92. The Bertz CT molecular complexity index is 962. The molecule has 0 N–H and O–H groups in total. The van der Waals surface area contributed by atoms with Gasteiger partial charge in [-0.25, -0.2) is 0 Å². The fourth-order valence-corrected chi connectivity index (χ4v) is 22.0. The van der Waals surface area contributed by atoms with E-state index in [0.29, 0.717) is 0 Å². The van der Waals surface area contributed by atoms with Crippen LogP contribution in [0.4, 0.5) is 0 Å². The van der Waals surface area contributed by atoms with Gasteiger partial charge in [0.05, 0.1) is 0 Å². The summed E-state index contributed by atoms with van der Waals surface area (Å²) >= 11 is 0. The normalized spacial score (nSPS) is 22.9. The van der Waals surface area contributed by atoms with Gasteiger partial charge in [-0.3, -0.25) is 0 Å². The smallest absolute Gasteiger partial charge is 0.0620 e. The molecule has 2 heterocycles. The van der Waals surface area contributed by atoms with Crippen molar-refractivity contribution in [2.75, 3.05) is 6.16 Å². The van der Waals surface area contributed by atoms with E-state index in [4.69, 9.17) is 0 Å². The minimum Gasteiger partial charge on any atom is -0.0620 e. The summed E-state index contributed by atoms with van der Waals surface area (Å²) in [5.74, 6) is 0. The van der Waals surface area contributed by atoms with E-state index in [1.54, 1.807) is 21.2 Å². The highest BCUT2D eigenvalue weighted by Crippen LogP contribution is 3.03. The molecule has 0 aliphatic carbocycles. The Kier molecular flexibility index (Phi) is 4.02. The van der Waals surface area contributed by atoms with Gasteiger partial charge in [-0.05, 0) is 48.5 Å². The fraction of sp³-hybridized carbons (Fsp3) is 0.111. The van der Waals surface area contributed by atoms with Crippen molar-refractivity contribution in [2.24, 2.45) is 0 Å². The van der Waals surface area contributed by atoms with E-state index < -0.39 is 14.5 Å². The maximum absolute atomic E-state index is 2.41. The van der Waals surface area contributed by atoms with E-state index in [1.807, 2.05) is 0 Å². The molecule has 4 aromatic rings. The molecule has 0 nitrogen and oxygen atoms in total. The molecule has 2 aliphatic rings. The van der Waals surface area contributed by atoms with Gasteiger partial charge < -0.3 is 0 Å². The third-order valence-corrected chi connectivity index (χ3v) is 19.1. The molecular weight excluding hydrogens is 386 g/mol. The molecule has 29 heavy (non-hydrogen) atoms. The second-order valence-corrected chi connectivity index (χ2v) is 16.1. The van der Waals surface area contributed by atoms with Crippen molar-refractivity contribution in [1.82, 2.24) is 0 Å². The minimum absolute atomic E-state index is 0.810. The SMILES string of the molecule is c1ccc([P+]2(c3ccccc3)CC3C2[P+]3(c2ccccc2)c2ccccc2)cc1. The summed E-state index contributed by atoms with van der Waals surface area (Å²) in [5, 5.41) is 7.22. The van der Waals surface area contributed by atoms with Crippen molar-refractivity contribution in [3.63, 3.8) is 0 Å². The fourth-order valence-electron chi connectivity index (χ4n) is 5.72. The second-order valence-electron chi connectivity index (χ2n) is 8.15. The Morgan fingerprint density at radius 3 is 1.17 bits per heavy atom. The summed E-state index contributed by atoms with van der Waals surface area (Å²) in [4.78, 5) is 0. The lowest BCUT2D eigenvalue weighted by Crippen LogP contribution is -2.37. The van der Waals surface area contributed by atoms with Crippen LogP contribution in [0.25, 0.3) is 0 Å². The Hall–Kier alpha value is -2.26. The first-order valence-corrected chi connectivity index (χ1v) is 14.3. The summed E-state index contributed by atoms with van der Waals surface area (Å²) in [6, 6.07) is 45.8. The van der Waals surface area contributed by atoms with Crippen LogP contribution in [0, 0.1) is 0 Å². The molecule has 2 heteroatoms. The second kappa shape index (κ2) is 6.63. The van der Waals surface area contributed by atoms with Crippen molar-refractivity contribution in [2.45, 2.75) is 11.1 Å². The first-order chi connectivity index (χ1) is 14.4. The zero-order valence-electron chi connectivity index (χ0n) is 16.3. The number of rotatable bonds is 4. The molecule has 0 bridgehead atoms. The summed E-state index contributed by atoms with van der Waals surface area (Å²) in [6.07, 6.45) is 1.36. The number of benzene rings is 4. The Morgan fingerprint density at radius 1 is 0.448 bits per heavy atom. The molecule has 2 aliphatic heterocycles. The Labute approximate surface area is 174 Å². The first-order valence-electron chi connectivity index (χ1n) is 10.4. The van der Waals surface area contributed by atoms with Gasteiger partial charge in [0.15, 0.2) is 5.66 Å². The van der Waals surface area contributed by atoms with Gasteiger partial charge in [-0.1, -0.05) is 72.8 Å². The van der Waals surface area contributed by atoms with Gasteiger partial charge in [-0.2, -0.15) is 0 Å². The number of hydrogen-bond donors (Lipinski definition) is 0. The summed E-state index contributed by atoms with van der Waals surface area (Å²) in [5.41, 5.74) is 0.848. The molecule has 0 aromatic heterocycles. The summed E-state index contributed by atoms with van der Waals surface area (Å²) in [7, 11) is -2.77. The molecule has 2 fully saturated rings. The van der Waals surface area contributed by atoms with Gasteiger partial charge in [0.1, 0.15) is 41.9 Å². The van der Waals surface area contributed by atoms with Crippen molar-refractivity contribution >= 4 is 35.7 Å². The van der Waals surface area contributed by atoms with Gasteiger partial charge in [0.25, 0.3) is 0 Å². The molecule has 4 aromatic carbocycles. The molecule has 2 atom stereocenters. The van der Waals surface area contributed by atoms with Crippen molar-refractivity contribution in [3.8, 4) is 0 Å². The average Bonchev–Trinajstić information content (AvgIpc) is 3.38. The van der Waals surface area contributed by atoms with Gasteiger partial charge >= 0.3 is 0 Å². The lowest BCUT2D eigenvalue weighted by atomic mass is 10.4. The average molecular weight is 410 g/mol. The highest BCUT2D eigenvalue weighted by molar-refractivity contribution is 8.15. The largest absolute Gasteiger partial charge is 0.228 e. The molecule has 0 amide bonds. The van der Waals surface area contributed by atoms with Gasteiger partial charge in [0.2, 0.25) is 5.40 Å². The molecule has 0 spiro atoms. The lowest BCUT2D eigenvalue weighted by molar-refractivity contribution is 1.10. The van der Waals surface area contributed by atoms with Crippen LogP contribution in [-0.4, -0.2) is 17.2 Å². The zero-order chi connectivity index (χ0) is 19.3. The lowest BCUT2D eigenvalue weighted by Gasteiger charge is -2.29. The Balaban J connectivity index is 1.58. The summed E-state index contributed by atoms with van der Waals surface area (Å²) < 4.78 is 0. The molecule has 2 unspecified atom stereocenters. The van der Waals surface area contributed by atoms with E-state index >= 15 is 0 Å². The molecular formula is C27H24P2+2. The quantitative estimate of drug-likeness (QED) is 0.413. The van der Waals surface area contributed by atoms with Crippen molar-refractivity contribution in [1.29, 1.82) is 0 Å². The van der Waals surface area contributed by atoms with E-state index in [-0.39, 0.29) is 0 Å². The van der Waals surface area contributed by atoms with Gasteiger partial charge in [0, 0.05) is 0 Å². The van der Waals surface area contributed by atoms with Crippen LogP contribution in [-0.2, 0) is 0 Å². The highest BCUT2D eigenvalue weighted by Gasteiger charge is 2.97. The molecule has 0 radical (unpaired) electrons. The van der Waals surface area contributed by atoms with Crippen LogP contribution in [0.2, 0.25) is 0 Å². The monoisotopic (exact) mass is 410 g/mol. The van der Waals surface area contributed by atoms with Crippen molar-refractivity contribution in [3.05, 3.63) is 121 Å². The zero-order valence-corrected chi connectivity index (χ0v) is 18.1. The number of fused-ring (bicyclic) bond motifs is 1. The maximum Gasteiger partial charge on any atom is 0.228 e. The Morgan fingerprint density at radius 2 is 0.793 bits per heavy atom.